The van der Waals surface area contributed by atoms with Gasteiger partial charge in [0.15, 0.2) is 0 Å². The number of hydrogen-bond acceptors (Lipinski definition) is 3. The second-order valence-electron chi connectivity index (χ2n) is 3.59. The van der Waals surface area contributed by atoms with Crippen molar-refractivity contribution in [3.63, 3.8) is 0 Å². The minimum Gasteiger partial charge on any atom is -0.448 e. The van der Waals surface area contributed by atoms with E-state index < -0.39 is 11.6 Å². The number of carbonyl (C=O) groups excluding carboxylic acids is 2. The van der Waals surface area contributed by atoms with Crippen LogP contribution in [0.4, 0.5) is 0 Å². The zero-order chi connectivity index (χ0) is 11.4. The average molecular weight is 222 g/mol. The molecule has 0 aromatic heterocycles. The number of alkyl halides is 1. The van der Waals surface area contributed by atoms with E-state index in [0.717, 1.165) is 0 Å². The van der Waals surface area contributed by atoms with E-state index in [0.29, 0.717) is 0 Å². The molecule has 0 aliphatic rings. The van der Waals surface area contributed by atoms with Crippen LogP contribution in [0, 0.1) is 0 Å². The summed E-state index contributed by atoms with van der Waals surface area (Å²) in [6.07, 6.45) is 0. The second kappa shape index (κ2) is 5.20. The predicted octanol–water partition coefficient (Wildman–Crippen LogP) is 1.07. The lowest BCUT2D eigenvalue weighted by molar-refractivity contribution is -0.162. The quantitative estimate of drug-likeness (QED) is 0.571. The summed E-state index contributed by atoms with van der Waals surface area (Å²) in [7, 11) is 0. The van der Waals surface area contributed by atoms with E-state index in [1.54, 1.807) is 0 Å². The van der Waals surface area contributed by atoms with Gasteiger partial charge in [-0.2, -0.15) is 0 Å². The fourth-order valence-corrected chi connectivity index (χ4v) is 1.04. The van der Waals surface area contributed by atoms with Crippen molar-refractivity contribution < 1.29 is 14.3 Å². The fourth-order valence-electron chi connectivity index (χ4n) is 0.866. The van der Waals surface area contributed by atoms with E-state index in [9.17, 15) is 9.59 Å². The Balaban J connectivity index is 4.50. The van der Waals surface area contributed by atoms with Crippen LogP contribution in [0.5, 0.6) is 0 Å². The summed E-state index contributed by atoms with van der Waals surface area (Å²) in [4.78, 5) is 22.3. The Labute approximate surface area is 88.9 Å². The first-order valence-corrected chi connectivity index (χ1v) is 4.92. The van der Waals surface area contributed by atoms with Crippen LogP contribution in [-0.2, 0) is 14.3 Å². The molecule has 5 heteroatoms. The Morgan fingerprint density at radius 3 is 2.29 bits per heavy atom. The second-order valence-corrected chi connectivity index (χ2v) is 3.85. The molecule has 0 saturated heterocycles. The van der Waals surface area contributed by atoms with Gasteiger partial charge in [0.2, 0.25) is 5.60 Å². The first-order valence-electron chi connectivity index (χ1n) is 4.38. The van der Waals surface area contributed by atoms with Crippen molar-refractivity contribution in [3.05, 3.63) is 0 Å². The molecule has 4 nitrogen and oxygen atoms in total. The number of nitrogens with one attached hydrogen (secondary N) is 1. The van der Waals surface area contributed by atoms with Gasteiger partial charge < -0.3 is 10.1 Å². The molecule has 82 valence electrons. The smallest absolute Gasteiger partial charge is 0.303 e. The number of esters is 1. The summed E-state index contributed by atoms with van der Waals surface area (Å²) in [5.74, 6) is -0.963. The molecule has 0 radical (unpaired) electrons. The molecule has 1 amide bonds. The number of amides is 1. The summed E-state index contributed by atoms with van der Waals surface area (Å²) >= 11 is 5.59. The van der Waals surface area contributed by atoms with Crippen molar-refractivity contribution in [2.75, 3.05) is 5.88 Å². The zero-order valence-corrected chi connectivity index (χ0v) is 9.64. The molecule has 1 atom stereocenters. The van der Waals surface area contributed by atoms with Gasteiger partial charge in [-0.25, -0.2) is 0 Å². The molecule has 0 aliphatic carbocycles. The highest BCUT2D eigenvalue weighted by atomic mass is 35.5. The third-order valence-electron chi connectivity index (χ3n) is 1.52. The standard InChI is InChI=1S/C9H16ClNO3/c1-6(2)11-8(13)9(4,5-10)14-7(3)12/h6H,5H2,1-4H3,(H,11,13). The first-order chi connectivity index (χ1) is 6.31. The lowest BCUT2D eigenvalue weighted by Gasteiger charge is -2.26. The SMILES string of the molecule is CC(=O)OC(C)(CCl)C(=O)NC(C)C. The van der Waals surface area contributed by atoms with Crippen molar-refractivity contribution in [2.45, 2.75) is 39.3 Å². The molecular formula is C9H16ClNO3. The summed E-state index contributed by atoms with van der Waals surface area (Å²) in [6.45, 7) is 6.37. The van der Waals surface area contributed by atoms with Crippen molar-refractivity contribution in [1.82, 2.24) is 5.32 Å². The highest BCUT2D eigenvalue weighted by molar-refractivity contribution is 6.20. The summed E-state index contributed by atoms with van der Waals surface area (Å²) in [5.41, 5.74) is -1.28. The molecule has 14 heavy (non-hydrogen) atoms. The Morgan fingerprint density at radius 1 is 1.50 bits per heavy atom. The van der Waals surface area contributed by atoms with Crippen molar-refractivity contribution in [3.8, 4) is 0 Å². The Kier molecular flexibility index (Phi) is 4.91. The average Bonchev–Trinajstić information content (AvgIpc) is 2.01. The summed E-state index contributed by atoms with van der Waals surface area (Å²) in [6, 6.07) is -0.0133. The Morgan fingerprint density at radius 2 is 2.00 bits per heavy atom. The van der Waals surface area contributed by atoms with Crippen LogP contribution in [0.25, 0.3) is 0 Å². The molecule has 0 aromatic carbocycles. The number of halogens is 1. The number of carbonyl (C=O) groups is 2. The zero-order valence-electron chi connectivity index (χ0n) is 8.89. The maximum absolute atomic E-state index is 11.6. The van der Waals surface area contributed by atoms with Crippen molar-refractivity contribution >= 4 is 23.5 Å². The Bertz CT molecular complexity index is 230. The molecule has 0 aromatic rings. The summed E-state index contributed by atoms with van der Waals surface area (Å²) < 4.78 is 4.87. The van der Waals surface area contributed by atoms with Gasteiger partial charge >= 0.3 is 5.97 Å². The van der Waals surface area contributed by atoms with E-state index in [2.05, 4.69) is 5.32 Å². The molecule has 0 saturated carbocycles. The third kappa shape index (κ3) is 3.96. The van der Waals surface area contributed by atoms with Crippen LogP contribution in [0.1, 0.15) is 27.7 Å². The van der Waals surface area contributed by atoms with Crippen LogP contribution < -0.4 is 5.32 Å². The molecule has 1 unspecified atom stereocenters. The highest BCUT2D eigenvalue weighted by Gasteiger charge is 2.35. The van der Waals surface area contributed by atoms with Crippen LogP contribution in [0.3, 0.4) is 0 Å². The van der Waals surface area contributed by atoms with E-state index in [1.165, 1.54) is 13.8 Å². The number of hydrogen-bond donors (Lipinski definition) is 1. The molecule has 1 N–H and O–H groups in total. The highest BCUT2D eigenvalue weighted by Crippen LogP contribution is 2.13. The van der Waals surface area contributed by atoms with Gasteiger partial charge in [-0.1, -0.05) is 0 Å². The van der Waals surface area contributed by atoms with Crippen molar-refractivity contribution in [1.29, 1.82) is 0 Å². The van der Waals surface area contributed by atoms with Gasteiger partial charge in [-0.3, -0.25) is 9.59 Å². The predicted molar refractivity (Wildman–Crippen MR) is 54.2 cm³/mol. The van der Waals surface area contributed by atoms with Gasteiger partial charge in [0.1, 0.15) is 0 Å². The maximum Gasteiger partial charge on any atom is 0.303 e. The van der Waals surface area contributed by atoms with Gasteiger partial charge in [0, 0.05) is 13.0 Å². The van der Waals surface area contributed by atoms with Crippen LogP contribution in [0.2, 0.25) is 0 Å². The van der Waals surface area contributed by atoms with Crippen LogP contribution in [0.15, 0.2) is 0 Å². The van der Waals surface area contributed by atoms with Gasteiger partial charge in [0.05, 0.1) is 5.88 Å². The lowest BCUT2D eigenvalue weighted by Crippen LogP contribution is -2.50. The maximum atomic E-state index is 11.6. The molecule has 0 bridgehead atoms. The minimum absolute atomic E-state index is 0.0133. The lowest BCUT2D eigenvalue weighted by atomic mass is 10.1. The van der Waals surface area contributed by atoms with E-state index in [1.807, 2.05) is 13.8 Å². The van der Waals surface area contributed by atoms with Gasteiger partial charge in [-0.15, -0.1) is 11.6 Å². The minimum atomic E-state index is -1.28. The van der Waals surface area contributed by atoms with E-state index >= 15 is 0 Å². The van der Waals surface area contributed by atoms with Crippen molar-refractivity contribution in [2.24, 2.45) is 0 Å². The normalized spacial score (nSPS) is 14.7. The third-order valence-corrected chi connectivity index (χ3v) is 2.03. The van der Waals surface area contributed by atoms with Gasteiger partial charge in [0.25, 0.3) is 5.91 Å². The molecule has 0 rings (SSSR count). The monoisotopic (exact) mass is 221 g/mol. The first kappa shape index (κ1) is 13.2. The number of rotatable bonds is 4. The van der Waals surface area contributed by atoms with Crippen LogP contribution in [-0.4, -0.2) is 29.4 Å². The molecular weight excluding hydrogens is 206 g/mol. The molecule has 0 spiro atoms. The molecule has 0 fully saturated rings. The van der Waals surface area contributed by atoms with Crippen LogP contribution >= 0.6 is 11.6 Å². The van der Waals surface area contributed by atoms with E-state index in [4.69, 9.17) is 16.3 Å². The molecule has 0 heterocycles. The molecule has 0 aliphatic heterocycles. The van der Waals surface area contributed by atoms with Gasteiger partial charge in [-0.05, 0) is 20.8 Å². The fraction of sp³-hybridized carbons (Fsp3) is 0.778. The summed E-state index contributed by atoms with van der Waals surface area (Å²) in [5, 5.41) is 2.64. The van der Waals surface area contributed by atoms with E-state index in [-0.39, 0.29) is 17.8 Å². The topological polar surface area (TPSA) is 55.4 Å². The Hall–Kier alpha value is -0.770. The number of ether oxygens (including phenoxy) is 1. The largest absolute Gasteiger partial charge is 0.448 e.